The van der Waals surface area contributed by atoms with Gasteiger partial charge in [0.25, 0.3) is 0 Å². The summed E-state index contributed by atoms with van der Waals surface area (Å²) < 4.78 is 28.1. The van der Waals surface area contributed by atoms with Crippen LogP contribution >= 0.6 is 0 Å². The molecule has 1 fully saturated rings. The summed E-state index contributed by atoms with van der Waals surface area (Å²) in [5.41, 5.74) is 0.999. The molecule has 1 aliphatic heterocycles. The van der Waals surface area contributed by atoms with Crippen molar-refractivity contribution >= 4 is 16.0 Å². The predicted molar refractivity (Wildman–Crippen MR) is 97.0 cm³/mol. The molecule has 0 aliphatic carbocycles. The Morgan fingerprint density at radius 2 is 1.96 bits per heavy atom. The molecule has 1 saturated heterocycles. The van der Waals surface area contributed by atoms with Crippen molar-refractivity contribution in [3.63, 3.8) is 0 Å². The number of hydrogen-bond acceptors (Lipinski definition) is 4. The molecule has 0 amide bonds. The second-order valence-electron chi connectivity index (χ2n) is 7.25. The van der Waals surface area contributed by atoms with Gasteiger partial charge in [0.2, 0.25) is 10.0 Å². The topological polar surface area (TPSA) is 86.7 Å². The summed E-state index contributed by atoms with van der Waals surface area (Å²) in [6.45, 7) is 7.08. The van der Waals surface area contributed by atoms with Crippen molar-refractivity contribution in [1.82, 2.24) is 9.62 Å². The van der Waals surface area contributed by atoms with Gasteiger partial charge in [0.1, 0.15) is 6.04 Å². The fourth-order valence-electron chi connectivity index (χ4n) is 3.34. The fourth-order valence-corrected chi connectivity index (χ4v) is 4.58. The summed E-state index contributed by atoms with van der Waals surface area (Å²) >= 11 is 0. The van der Waals surface area contributed by atoms with Crippen LogP contribution < -0.4 is 4.72 Å². The third-order valence-corrected chi connectivity index (χ3v) is 6.05. The first-order valence-corrected chi connectivity index (χ1v) is 10.2. The van der Waals surface area contributed by atoms with E-state index in [9.17, 15) is 18.3 Å². The van der Waals surface area contributed by atoms with E-state index in [0.717, 1.165) is 12.0 Å². The molecule has 0 radical (unpaired) electrons. The van der Waals surface area contributed by atoms with Gasteiger partial charge in [-0.15, -0.1) is 0 Å². The van der Waals surface area contributed by atoms with Gasteiger partial charge in [-0.2, -0.15) is 0 Å². The quantitative estimate of drug-likeness (QED) is 0.735. The molecule has 25 heavy (non-hydrogen) atoms. The first-order valence-electron chi connectivity index (χ1n) is 8.75. The molecule has 1 aromatic carbocycles. The SMILES string of the molecule is Cc1ccc(S(=O)(=O)NC(CC(C)C)CN2CCC[C@H]2C(=O)O)cc1. The van der Waals surface area contributed by atoms with Gasteiger partial charge < -0.3 is 5.11 Å². The van der Waals surface area contributed by atoms with Crippen molar-refractivity contribution in [2.24, 2.45) is 5.92 Å². The van der Waals surface area contributed by atoms with E-state index < -0.39 is 22.0 Å². The average molecular weight is 368 g/mol. The Morgan fingerprint density at radius 3 is 2.52 bits per heavy atom. The van der Waals surface area contributed by atoms with E-state index in [2.05, 4.69) is 4.72 Å². The van der Waals surface area contributed by atoms with Gasteiger partial charge in [-0.1, -0.05) is 31.5 Å². The van der Waals surface area contributed by atoms with Crippen LogP contribution in [0, 0.1) is 12.8 Å². The molecule has 1 aliphatic rings. The van der Waals surface area contributed by atoms with Crippen LogP contribution in [0.5, 0.6) is 0 Å². The molecule has 0 saturated carbocycles. The zero-order valence-electron chi connectivity index (χ0n) is 15.1. The van der Waals surface area contributed by atoms with Crippen molar-refractivity contribution in [2.45, 2.75) is 57.0 Å². The smallest absolute Gasteiger partial charge is 0.320 e. The molecule has 2 atom stereocenters. The van der Waals surface area contributed by atoms with Crippen LogP contribution in [0.3, 0.4) is 0 Å². The first-order chi connectivity index (χ1) is 11.7. The monoisotopic (exact) mass is 368 g/mol. The maximum Gasteiger partial charge on any atom is 0.320 e. The third-order valence-electron chi connectivity index (χ3n) is 4.51. The molecule has 140 valence electrons. The molecule has 7 heteroatoms. The van der Waals surface area contributed by atoms with Gasteiger partial charge >= 0.3 is 5.97 Å². The van der Waals surface area contributed by atoms with Gasteiger partial charge in [-0.25, -0.2) is 13.1 Å². The molecular formula is C18H28N2O4S. The summed E-state index contributed by atoms with van der Waals surface area (Å²) in [7, 11) is -3.63. The maximum absolute atomic E-state index is 12.7. The second-order valence-corrected chi connectivity index (χ2v) is 8.97. The molecule has 1 unspecified atom stereocenters. The van der Waals surface area contributed by atoms with Crippen LogP contribution in [0.25, 0.3) is 0 Å². The van der Waals surface area contributed by atoms with Crippen molar-refractivity contribution in [2.75, 3.05) is 13.1 Å². The van der Waals surface area contributed by atoms with Crippen molar-refractivity contribution in [3.05, 3.63) is 29.8 Å². The number of sulfonamides is 1. The number of likely N-dealkylation sites (tertiary alicyclic amines) is 1. The Hall–Kier alpha value is -1.44. The van der Waals surface area contributed by atoms with E-state index in [1.165, 1.54) is 0 Å². The minimum absolute atomic E-state index is 0.239. The molecular weight excluding hydrogens is 340 g/mol. The van der Waals surface area contributed by atoms with E-state index in [1.54, 1.807) is 24.3 Å². The van der Waals surface area contributed by atoms with E-state index in [4.69, 9.17) is 0 Å². The first kappa shape index (κ1) is 19.9. The lowest BCUT2D eigenvalue weighted by molar-refractivity contribution is -0.142. The van der Waals surface area contributed by atoms with Crippen molar-refractivity contribution < 1.29 is 18.3 Å². The number of carbonyl (C=O) groups is 1. The summed E-state index contributed by atoms with van der Waals surface area (Å²) in [6, 6.07) is 5.91. The number of aliphatic carboxylic acids is 1. The van der Waals surface area contributed by atoms with Gasteiger partial charge in [-0.3, -0.25) is 9.69 Å². The second kappa shape index (κ2) is 8.29. The van der Waals surface area contributed by atoms with Crippen molar-refractivity contribution in [1.29, 1.82) is 0 Å². The molecule has 2 N–H and O–H groups in total. The van der Waals surface area contributed by atoms with Gasteiger partial charge in [0, 0.05) is 12.6 Å². The molecule has 6 nitrogen and oxygen atoms in total. The lowest BCUT2D eigenvalue weighted by atomic mass is 10.0. The Bertz CT molecular complexity index is 686. The molecule has 1 aromatic rings. The van der Waals surface area contributed by atoms with Gasteiger partial charge in [0.05, 0.1) is 4.90 Å². The van der Waals surface area contributed by atoms with Crippen LogP contribution in [0.2, 0.25) is 0 Å². The molecule has 0 spiro atoms. The highest BCUT2D eigenvalue weighted by molar-refractivity contribution is 7.89. The lowest BCUT2D eigenvalue weighted by Crippen LogP contribution is -2.47. The number of hydrogen-bond donors (Lipinski definition) is 2. The van der Waals surface area contributed by atoms with Crippen LogP contribution in [-0.4, -0.2) is 49.6 Å². The number of carboxylic acids is 1. The van der Waals surface area contributed by atoms with E-state index in [1.807, 2.05) is 25.7 Å². The minimum atomic E-state index is -3.63. The number of nitrogens with zero attached hydrogens (tertiary/aromatic N) is 1. The summed E-state index contributed by atoms with van der Waals surface area (Å²) in [5.74, 6) is -0.529. The zero-order chi connectivity index (χ0) is 18.6. The van der Waals surface area contributed by atoms with E-state index in [-0.39, 0.29) is 10.9 Å². The Balaban J connectivity index is 2.14. The number of carboxylic acid groups (broad SMARTS) is 1. The van der Waals surface area contributed by atoms with Gasteiger partial charge in [-0.05, 0) is 50.8 Å². The molecule has 0 bridgehead atoms. The number of rotatable bonds is 8. The molecule has 2 rings (SSSR count). The third kappa shape index (κ3) is 5.52. The van der Waals surface area contributed by atoms with Crippen LogP contribution in [-0.2, 0) is 14.8 Å². The zero-order valence-corrected chi connectivity index (χ0v) is 15.9. The highest BCUT2D eigenvalue weighted by atomic mass is 32.2. The van der Waals surface area contributed by atoms with Crippen LogP contribution in [0.4, 0.5) is 0 Å². The fraction of sp³-hybridized carbons (Fsp3) is 0.611. The molecule has 0 aromatic heterocycles. The number of nitrogens with one attached hydrogen (secondary N) is 1. The van der Waals surface area contributed by atoms with E-state index in [0.29, 0.717) is 31.8 Å². The number of benzene rings is 1. The summed E-state index contributed by atoms with van der Waals surface area (Å²) in [6.07, 6.45) is 2.11. The maximum atomic E-state index is 12.7. The Labute approximate surface area is 150 Å². The number of aryl methyl sites for hydroxylation is 1. The highest BCUT2D eigenvalue weighted by Crippen LogP contribution is 2.20. The predicted octanol–water partition coefficient (Wildman–Crippen LogP) is 2.24. The highest BCUT2D eigenvalue weighted by Gasteiger charge is 2.33. The Kier molecular flexibility index (Phi) is 6.59. The largest absolute Gasteiger partial charge is 0.480 e. The van der Waals surface area contributed by atoms with Crippen LogP contribution in [0.15, 0.2) is 29.2 Å². The minimum Gasteiger partial charge on any atom is -0.480 e. The Morgan fingerprint density at radius 1 is 1.32 bits per heavy atom. The summed E-state index contributed by atoms with van der Waals surface area (Å²) in [4.78, 5) is 13.5. The standard InChI is InChI=1S/C18H28N2O4S/c1-13(2)11-15(12-20-10-4-5-17(20)18(21)22)19-25(23,24)16-8-6-14(3)7-9-16/h6-9,13,15,17,19H,4-5,10-12H2,1-3H3,(H,21,22)/t15?,17-/m0/s1. The molecule has 1 heterocycles. The lowest BCUT2D eigenvalue weighted by Gasteiger charge is -2.28. The van der Waals surface area contributed by atoms with Crippen molar-refractivity contribution in [3.8, 4) is 0 Å². The average Bonchev–Trinajstić information content (AvgIpc) is 2.94. The normalized spacial score (nSPS) is 20.1. The summed E-state index contributed by atoms with van der Waals surface area (Å²) in [5, 5.41) is 9.33. The van der Waals surface area contributed by atoms with Crippen LogP contribution in [0.1, 0.15) is 38.7 Å². The van der Waals surface area contributed by atoms with Gasteiger partial charge in [0.15, 0.2) is 0 Å². The van der Waals surface area contributed by atoms with E-state index >= 15 is 0 Å².